The molecule has 26 heavy (non-hydrogen) atoms. The second kappa shape index (κ2) is 6.42. The van der Waals surface area contributed by atoms with Crippen LogP contribution in [0.3, 0.4) is 0 Å². The van der Waals surface area contributed by atoms with Crippen LogP contribution in [-0.4, -0.2) is 40.8 Å². The number of amides is 1. The molecule has 2 aromatic heterocycles. The van der Waals surface area contributed by atoms with Gasteiger partial charge in [-0.2, -0.15) is 5.10 Å². The van der Waals surface area contributed by atoms with E-state index >= 15 is 0 Å². The molecule has 1 saturated heterocycles. The number of hydrogen-bond acceptors (Lipinski definition) is 5. The Labute approximate surface area is 149 Å². The minimum atomic E-state index is -0.200. The van der Waals surface area contributed by atoms with Crippen LogP contribution >= 0.6 is 0 Å². The molecule has 1 unspecified atom stereocenters. The molecule has 0 bridgehead atoms. The summed E-state index contributed by atoms with van der Waals surface area (Å²) in [6.45, 7) is 5.26. The fourth-order valence-corrected chi connectivity index (χ4v) is 3.52. The van der Waals surface area contributed by atoms with Crippen LogP contribution < -0.4 is 5.43 Å². The zero-order chi connectivity index (χ0) is 18.3. The SMILES string of the molecule is Cc1n[nH]c(C)c1C1COCCN1C(=O)c1ccc2c(=O)ccoc2c1. The Balaban J connectivity index is 1.73. The van der Waals surface area contributed by atoms with Crippen LogP contribution in [0.5, 0.6) is 0 Å². The molecule has 1 aliphatic rings. The number of hydrogen-bond donors (Lipinski definition) is 1. The van der Waals surface area contributed by atoms with Gasteiger partial charge in [-0.05, 0) is 32.0 Å². The third-order valence-corrected chi connectivity index (χ3v) is 4.82. The summed E-state index contributed by atoms with van der Waals surface area (Å²) >= 11 is 0. The standard InChI is InChI=1S/C19H19N3O4/c1-11-18(12(2)21-20-11)15-10-25-8-6-22(15)19(24)13-3-4-14-16(23)5-7-26-17(14)9-13/h3-5,7,9,15H,6,8,10H2,1-2H3,(H,20,21). The summed E-state index contributed by atoms with van der Waals surface area (Å²) in [5.41, 5.74) is 3.55. The van der Waals surface area contributed by atoms with E-state index in [0.29, 0.717) is 36.3 Å². The van der Waals surface area contributed by atoms with Crippen LogP contribution in [0.1, 0.15) is 33.4 Å². The summed E-state index contributed by atoms with van der Waals surface area (Å²) in [5.74, 6) is -0.119. The van der Waals surface area contributed by atoms with Gasteiger partial charge in [-0.1, -0.05) is 0 Å². The molecule has 7 nitrogen and oxygen atoms in total. The van der Waals surface area contributed by atoms with Crippen molar-refractivity contribution in [3.8, 4) is 0 Å². The Morgan fingerprint density at radius 3 is 2.92 bits per heavy atom. The maximum atomic E-state index is 13.2. The molecule has 1 atom stereocenters. The van der Waals surface area contributed by atoms with Crippen molar-refractivity contribution in [3.05, 3.63) is 63.3 Å². The first-order valence-corrected chi connectivity index (χ1v) is 8.48. The Morgan fingerprint density at radius 2 is 2.15 bits per heavy atom. The van der Waals surface area contributed by atoms with Crippen molar-refractivity contribution >= 4 is 16.9 Å². The summed E-state index contributed by atoms with van der Waals surface area (Å²) in [5, 5.41) is 7.67. The van der Waals surface area contributed by atoms with Crippen molar-refractivity contribution < 1.29 is 13.9 Å². The quantitative estimate of drug-likeness (QED) is 0.764. The summed E-state index contributed by atoms with van der Waals surface area (Å²) in [7, 11) is 0. The van der Waals surface area contributed by atoms with Crippen LogP contribution in [0.2, 0.25) is 0 Å². The van der Waals surface area contributed by atoms with Crippen LogP contribution in [0.25, 0.3) is 11.0 Å². The van der Waals surface area contributed by atoms with Gasteiger partial charge in [0.15, 0.2) is 5.43 Å². The van der Waals surface area contributed by atoms with E-state index in [1.807, 2.05) is 13.8 Å². The Bertz CT molecular complexity index is 1020. The molecule has 1 amide bonds. The molecular formula is C19H19N3O4. The van der Waals surface area contributed by atoms with Gasteiger partial charge in [0.25, 0.3) is 5.91 Å². The molecule has 7 heteroatoms. The number of carbonyl (C=O) groups excluding carboxylic acids is 1. The molecule has 1 fully saturated rings. The molecule has 1 N–H and O–H groups in total. The van der Waals surface area contributed by atoms with Crippen LogP contribution in [-0.2, 0) is 4.74 Å². The third-order valence-electron chi connectivity index (χ3n) is 4.82. The zero-order valence-electron chi connectivity index (χ0n) is 14.6. The predicted molar refractivity (Wildman–Crippen MR) is 95.1 cm³/mol. The number of aromatic nitrogens is 2. The number of ether oxygens (including phenoxy) is 1. The van der Waals surface area contributed by atoms with Gasteiger partial charge in [-0.3, -0.25) is 14.7 Å². The average molecular weight is 353 g/mol. The molecular weight excluding hydrogens is 334 g/mol. The Morgan fingerprint density at radius 1 is 1.31 bits per heavy atom. The van der Waals surface area contributed by atoms with E-state index in [4.69, 9.17) is 9.15 Å². The van der Waals surface area contributed by atoms with E-state index < -0.39 is 0 Å². The van der Waals surface area contributed by atoms with Gasteiger partial charge < -0.3 is 14.1 Å². The number of aryl methyl sites for hydroxylation is 2. The van der Waals surface area contributed by atoms with E-state index in [2.05, 4.69) is 10.2 Å². The first-order chi connectivity index (χ1) is 12.6. The summed E-state index contributed by atoms with van der Waals surface area (Å²) in [4.78, 5) is 26.8. The molecule has 1 aliphatic heterocycles. The molecule has 0 aliphatic carbocycles. The molecule has 3 heterocycles. The molecule has 1 aromatic carbocycles. The number of benzene rings is 1. The predicted octanol–water partition coefficient (Wildman–Crippen LogP) is 2.35. The first kappa shape index (κ1) is 16.5. The molecule has 134 valence electrons. The number of morpholine rings is 1. The monoisotopic (exact) mass is 353 g/mol. The minimum Gasteiger partial charge on any atom is -0.464 e. The molecule has 4 rings (SSSR count). The largest absolute Gasteiger partial charge is 0.464 e. The van der Waals surface area contributed by atoms with Crippen molar-refractivity contribution in [3.63, 3.8) is 0 Å². The number of fused-ring (bicyclic) bond motifs is 1. The minimum absolute atomic E-state index is 0.119. The van der Waals surface area contributed by atoms with Gasteiger partial charge in [0.05, 0.1) is 36.6 Å². The van der Waals surface area contributed by atoms with Crippen molar-refractivity contribution in [1.82, 2.24) is 15.1 Å². The highest BCUT2D eigenvalue weighted by molar-refractivity contribution is 5.97. The average Bonchev–Trinajstić information content (AvgIpc) is 2.99. The second-order valence-electron chi connectivity index (χ2n) is 6.43. The van der Waals surface area contributed by atoms with E-state index in [0.717, 1.165) is 17.0 Å². The summed E-state index contributed by atoms with van der Waals surface area (Å²) in [6, 6.07) is 6.10. The van der Waals surface area contributed by atoms with Gasteiger partial charge in [0, 0.05) is 29.4 Å². The number of nitrogens with one attached hydrogen (secondary N) is 1. The number of nitrogens with zero attached hydrogens (tertiary/aromatic N) is 2. The normalized spacial score (nSPS) is 17.6. The topological polar surface area (TPSA) is 88.4 Å². The lowest BCUT2D eigenvalue weighted by Crippen LogP contribution is -2.43. The zero-order valence-corrected chi connectivity index (χ0v) is 14.6. The highest BCUT2D eigenvalue weighted by atomic mass is 16.5. The lowest BCUT2D eigenvalue weighted by Gasteiger charge is -2.36. The number of carbonyl (C=O) groups is 1. The van der Waals surface area contributed by atoms with E-state index in [1.165, 1.54) is 12.3 Å². The number of H-pyrrole nitrogens is 1. The van der Waals surface area contributed by atoms with E-state index in [1.54, 1.807) is 23.1 Å². The maximum Gasteiger partial charge on any atom is 0.254 e. The Kier molecular flexibility index (Phi) is 4.08. The van der Waals surface area contributed by atoms with Crippen LogP contribution in [0.4, 0.5) is 0 Å². The summed E-state index contributed by atoms with van der Waals surface area (Å²) < 4.78 is 11.0. The fraction of sp³-hybridized carbons (Fsp3) is 0.316. The maximum absolute atomic E-state index is 13.2. The highest BCUT2D eigenvalue weighted by Crippen LogP contribution is 2.30. The fourth-order valence-electron chi connectivity index (χ4n) is 3.52. The molecule has 3 aromatic rings. The number of aromatic amines is 1. The van der Waals surface area contributed by atoms with Crippen LogP contribution in [0, 0.1) is 13.8 Å². The lowest BCUT2D eigenvalue weighted by molar-refractivity contribution is -0.00301. The van der Waals surface area contributed by atoms with Crippen molar-refractivity contribution in [2.45, 2.75) is 19.9 Å². The lowest BCUT2D eigenvalue weighted by atomic mass is 10.0. The summed E-state index contributed by atoms with van der Waals surface area (Å²) in [6.07, 6.45) is 1.34. The van der Waals surface area contributed by atoms with Gasteiger partial charge in [-0.15, -0.1) is 0 Å². The molecule has 0 saturated carbocycles. The first-order valence-electron chi connectivity index (χ1n) is 8.48. The second-order valence-corrected chi connectivity index (χ2v) is 6.43. The molecule has 0 spiro atoms. The third kappa shape index (κ3) is 2.70. The van der Waals surface area contributed by atoms with Gasteiger partial charge in [0.1, 0.15) is 5.58 Å². The van der Waals surface area contributed by atoms with Crippen molar-refractivity contribution in [1.29, 1.82) is 0 Å². The number of rotatable bonds is 2. The van der Waals surface area contributed by atoms with E-state index in [9.17, 15) is 9.59 Å². The highest BCUT2D eigenvalue weighted by Gasteiger charge is 2.32. The van der Waals surface area contributed by atoms with Crippen molar-refractivity contribution in [2.24, 2.45) is 0 Å². The van der Waals surface area contributed by atoms with Crippen LogP contribution in [0.15, 0.2) is 39.7 Å². The van der Waals surface area contributed by atoms with Gasteiger partial charge in [0.2, 0.25) is 0 Å². The van der Waals surface area contributed by atoms with Gasteiger partial charge in [-0.25, -0.2) is 0 Å². The Hall–Kier alpha value is -2.93. The van der Waals surface area contributed by atoms with Crippen molar-refractivity contribution in [2.75, 3.05) is 19.8 Å². The molecule has 0 radical (unpaired) electrons. The van der Waals surface area contributed by atoms with E-state index in [-0.39, 0.29) is 17.4 Å². The smallest absolute Gasteiger partial charge is 0.254 e. The van der Waals surface area contributed by atoms with Gasteiger partial charge >= 0.3 is 0 Å².